The highest BCUT2D eigenvalue weighted by atomic mass is 19.3. The molecule has 0 N–H and O–H groups in total. The Morgan fingerprint density at radius 2 is 1.33 bits per heavy atom. The Morgan fingerprint density at radius 3 is 1.92 bits per heavy atom. The number of alkyl halides is 2. The van der Waals surface area contributed by atoms with E-state index in [2.05, 4.69) is 19.1 Å². The summed E-state index contributed by atoms with van der Waals surface area (Å²) in [6, 6.07) is 6.59. The molecular weight excluding hydrogens is 461 g/mol. The summed E-state index contributed by atoms with van der Waals surface area (Å²) >= 11 is 0. The largest absolute Gasteiger partial charge is 0.378 e. The van der Waals surface area contributed by atoms with Gasteiger partial charge in [0.15, 0.2) is 0 Å². The summed E-state index contributed by atoms with van der Waals surface area (Å²) in [4.78, 5) is 0. The number of unbranched alkanes of at least 4 members (excludes halogenated alkanes) is 1. The predicted octanol–water partition coefficient (Wildman–Crippen LogP) is 9.20. The van der Waals surface area contributed by atoms with Crippen LogP contribution in [0.15, 0.2) is 36.4 Å². The topological polar surface area (TPSA) is 18.5 Å². The fraction of sp³-hybridized carbons (Fsp3) is 0.742. The molecule has 0 heterocycles. The summed E-state index contributed by atoms with van der Waals surface area (Å²) in [5, 5.41) is 0. The molecule has 0 saturated heterocycles. The van der Waals surface area contributed by atoms with Crippen LogP contribution in [0, 0.1) is 23.6 Å². The fourth-order valence-electron chi connectivity index (χ4n) is 6.37. The van der Waals surface area contributed by atoms with E-state index in [9.17, 15) is 4.39 Å². The molecule has 0 aromatic heterocycles. The number of hydrogen-bond acceptors (Lipinski definition) is 2. The van der Waals surface area contributed by atoms with Crippen LogP contribution in [0.2, 0.25) is 0 Å². The molecule has 3 aliphatic carbocycles. The molecule has 5 heteroatoms. The van der Waals surface area contributed by atoms with Gasteiger partial charge in [0.05, 0.1) is 18.1 Å². The molecule has 1 aromatic carbocycles. The predicted molar refractivity (Wildman–Crippen MR) is 139 cm³/mol. The summed E-state index contributed by atoms with van der Waals surface area (Å²) in [6.45, 7) is 3.08. The van der Waals surface area contributed by atoms with Crippen LogP contribution < -0.4 is 0 Å². The van der Waals surface area contributed by atoms with Crippen LogP contribution >= 0.6 is 0 Å². The molecule has 0 radical (unpaired) electrons. The molecule has 1 aromatic rings. The van der Waals surface area contributed by atoms with Crippen molar-refractivity contribution in [3.63, 3.8) is 0 Å². The average molecular weight is 507 g/mol. The maximum Gasteiger partial charge on any atom is 0.358 e. The zero-order valence-corrected chi connectivity index (χ0v) is 22.0. The van der Waals surface area contributed by atoms with Gasteiger partial charge in [0.25, 0.3) is 0 Å². The molecule has 36 heavy (non-hydrogen) atoms. The Labute approximate surface area is 216 Å². The maximum absolute atomic E-state index is 15.0. The van der Waals surface area contributed by atoms with Gasteiger partial charge in [-0.25, -0.2) is 4.39 Å². The SMILES string of the molecule is CCCCOC1CCC(/C=C/C2CCC(C(F)(F)OC3CCC(c4ccc(F)cc4)CC3)CC2)CC1. The van der Waals surface area contributed by atoms with E-state index < -0.39 is 12.0 Å². The minimum absolute atomic E-state index is 0.240. The van der Waals surface area contributed by atoms with Crippen molar-refractivity contribution in [2.24, 2.45) is 17.8 Å². The molecule has 202 valence electrons. The standard InChI is InChI=1S/C31H45F3O2/c1-2-3-22-35-29-18-8-24(9-19-29)5-4-23-6-14-27(15-7-23)31(33,34)36-30-20-12-26(13-21-30)25-10-16-28(32)17-11-25/h4-5,10-11,16-17,23-24,26-27,29-30H,2-3,6-9,12-15,18-22H2,1H3/b5-4+. The molecule has 3 aliphatic rings. The first kappa shape index (κ1) is 27.7. The lowest BCUT2D eigenvalue weighted by atomic mass is 9.79. The van der Waals surface area contributed by atoms with Crippen LogP contribution in [0.25, 0.3) is 0 Å². The normalized spacial score (nSPS) is 32.1. The Morgan fingerprint density at radius 1 is 0.778 bits per heavy atom. The smallest absolute Gasteiger partial charge is 0.358 e. The minimum Gasteiger partial charge on any atom is -0.378 e. The van der Waals surface area contributed by atoms with Gasteiger partial charge in [-0.2, -0.15) is 8.78 Å². The van der Waals surface area contributed by atoms with Gasteiger partial charge in [-0.15, -0.1) is 0 Å². The lowest BCUT2D eigenvalue weighted by Crippen LogP contribution is -2.38. The van der Waals surface area contributed by atoms with Crippen LogP contribution in [-0.4, -0.2) is 24.9 Å². The van der Waals surface area contributed by atoms with Gasteiger partial charge < -0.3 is 9.47 Å². The summed E-state index contributed by atoms with van der Waals surface area (Å²) in [7, 11) is 0. The van der Waals surface area contributed by atoms with E-state index in [4.69, 9.17) is 9.47 Å². The third-order valence-corrected chi connectivity index (χ3v) is 8.81. The van der Waals surface area contributed by atoms with E-state index in [1.165, 1.54) is 31.4 Å². The van der Waals surface area contributed by atoms with E-state index in [0.29, 0.717) is 49.5 Å². The van der Waals surface area contributed by atoms with Crippen LogP contribution in [0.1, 0.15) is 108 Å². The maximum atomic E-state index is 15.0. The molecule has 3 saturated carbocycles. The van der Waals surface area contributed by atoms with Crippen molar-refractivity contribution < 1.29 is 22.6 Å². The molecule has 0 unspecified atom stereocenters. The van der Waals surface area contributed by atoms with Gasteiger partial charge in [0.2, 0.25) is 0 Å². The van der Waals surface area contributed by atoms with Crippen molar-refractivity contribution in [1.29, 1.82) is 0 Å². The van der Waals surface area contributed by atoms with E-state index in [0.717, 1.165) is 57.1 Å². The lowest BCUT2D eigenvalue weighted by Gasteiger charge is -2.36. The zero-order valence-electron chi connectivity index (χ0n) is 22.0. The fourth-order valence-corrected chi connectivity index (χ4v) is 6.37. The second kappa shape index (κ2) is 13.5. The van der Waals surface area contributed by atoms with Gasteiger partial charge in [-0.05, 0) is 119 Å². The van der Waals surface area contributed by atoms with Crippen LogP contribution in [0.5, 0.6) is 0 Å². The van der Waals surface area contributed by atoms with Crippen molar-refractivity contribution in [1.82, 2.24) is 0 Å². The molecule has 4 rings (SSSR count). The highest BCUT2D eigenvalue weighted by Gasteiger charge is 2.44. The van der Waals surface area contributed by atoms with Crippen molar-refractivity contribution in [3.05, 3.63) is 47.8 Å². The molecule has 2 nitrogen and oxygen atoms in total. The molecule has 3 fully saturated rings. The number of allylic oxidation sites excluding steroid dienone is 2. The van der Waals surface area contributed by atoms with Gasteiger partial charge in [-0.3, -0.25) is 0 Å². The van der Waals surface area contributed by atoms with Crippen molar-refractivity contribution in [3.8, 4) is 0 Å². The number of hydrogen-bond donors (Lipinski definition) is 0. The second-order valence-corrected chi connectivity index (χ2v) is 11.5. The minimum atomic E-state index is -3.04. The summed E-state index contributed by atoms with van der Waals surface area (Å²) in [5.74, 6) is 0.430. The first-order valence-electron chi connectivity index (χ1n) is 14.5. The van der Waals surface area contributed by atoms with Crippen molar-refractivity contribution in [2.75, 3.05) is 6.61 Å². The molecule has 0 atom stereocenters. The molecule has 0 spiro atoms. The quantitative estimate of drug-likeness (QED) is 0.233. The monoisotopic (exact) mass is 506 g/mol. The first-order chi connectivity index (χ1) is 17.4. The van der Waals surface area contributed by atoms with Crippen molar-refractivity contribution >= 4 is 0 Å². The van der Waals surface area contributed by atoms with Gasteiger partial charge in [0, 0.05) is 6.61 Å². The average Bonchev–Trinajstić information content (AvgIpc) is 2.89. The Hall–Kier alpha value is -1.33. The van der Waals surface area contributed by atoms with Crippen LogP contribution in [0.3, 0.4) is 0 Å². The van der Waals surface area contributed by atoms with E-state index in [1.807, 2.05) is 12.1 Å². The number of halogens is 3. The highest BCUT2D eigenvalue weighted by molar-refractivity contribution is 5.21. The number of ether oxygens (including phenoxy) is 2. The molecular formula is C31H45F3O2. The van der Waals surface area contributed by atoms with Crippen LogP contribution in [-0.2, 0) is 9.47 Å². The Balaban J connectivity index is 1.14. The molecule has 0 aliphatic heterocycles. The summed E-state index contributed by atoms with van der Waals surface area (Å²) in [5.41, 5.74) is 1.10. The summed E-state index contributed by atoms with van der Waals surface area (Å²) in [6.07, 6.45) is 14.3. The van der Waals surface area contributed by atoms with E-state index in [-0.39, 0.29) is 11.9 Å². The highest BCUT2D eigenvalue weighted by Crippen LogP contribution is 2.43. The third-order valence-electron chi connectivity index (χ3n) is 8.81. The van der Waals surface area contributed by atoms with Gasteiger partial charge in [0.1, 0.15) is 5.82 Å². The molecule has 0 amide bonds. The number of rotatable bonds is 10. The van der Waals surface area contributed by atoms with Crippen molar-refractivity contribution in [2.45, 2.75) is 121 Å². The number of benzene rings is 1. The first-order valence-corrected chi connectivity index (χ1v) is 14.5. The van der Waals surface area contributed by atoms with Gasteiger partial charge in [-0.1, -0.05) is 37.6 Å². The van der Waals surface area contributed by atoms with E-state index in [1.54, 1.807) is 0 Å². The van der Waals surface area contributed by atoms with Crippen LogP contribution in [0.4, 0.5) is 13.2 Å². The second-order valence-electron chi connectivity index (χ2n) is 11.5. The molecule has 0 bridgehead atoms. The lowest BCUT2D eigenvalue weighted by molar-refractivity contribution is -0.301. The van der Waals surface area contributed by atoms with Gasteiger partial charge >= 0.3 is 6.11 Å². The van der Waals surface area contributed by atoms with E-state index >= 15 is 8.78 Å². The third kappa shape index (κ3) is 8.08. The Kier molecular flexibility index (Phi) is 10.4. The zero-order chi connectivity index (χ0) is 25.4. The Bertz CT molecular complexity index is 785. The summed E-state index contributed by atoms with van der Waals surface area (Å²) < 4.78 is 54.6.